The Kier molecular flexibility index (Phi) is 2.28. The molecule has 0 aliphatic carbocycles. The van der Waals surface area contributed by atoms with Crippen LogP contribution in [-0.4, -0.2) is 21.7 Å². The monoisotopic (exact) mass is 230 g/mol. The molecular weight excluding hydrogens is 216 g/mol. The molecule has 4 nitrogen and oxygen atoms in total. The number of hydrogen-bond acceptors (Lipinski definition) is 3. The van der Waals surface area contributed by atoms with Crippen LogP contribution in [0.4, 0.5) is 0 Å². The summed E-state index contributed by atoms with van der Waals surface area (Å²) in [6.45, 7) is 2.41. The number of rotatable bonds is 1. The van der Waals surface area contributed by atoms with Gasteiger partial charge in [0.15, 0.2) is 0 Å². The molecule has 0 bridgehead atoms. The number of nitrogens with one attached hydrogen (secondary N) is 1. The smallest absolute Gasteiger partial charge is 0.232 e. The summed E-state index contributed by atoms with van der Waals surface area (Å²) < 4.78 is 5.70. The predicted octanol–water partition coefficient (Wildman–Crippen LogP) is 2.14. The molecule has 1 unspecified atom stereocenters. The molecule has 1 atom stereocenters. The summed E-state index contributed by atoms with van der Waals surface area (Å²) in [4.78, 5) is 7.23. The zero-order valence-electron chi connectivity index (χ0n) is 9.60. The molecule has 2 heterocycles. The number of nitrogens with zero attached hydrogens (tertiary/aromatic N) is 1. The lowest BCUT2D eigenvalue weighted by molar-refractivity contribution is 0.258. The molecule has 0 radical (unpaired) electrons. The highest BCUT2D eigenvalue weighted by atomic mass is 16.5. The number of H-pyrrole nitrogens is 1. The number of ether oxygens (including phenoxy) is 1. The standard InChI is InChI=1S/C13H14N2O2/c1-8-13(16)15-12(14-8)10-6-9-4-2-3-5-11(9)17-7-10/h2-5,10,16H,6-7H2,1H3,(H,14,15). The third-order valence-corrected chi connectivity index (χ3v) is 3.14. The molecule has 4 heteroatoms. The van der Waals surface area contributed by atoms with Gasteiger partial charge in [-0.05, 0) is 25.0 Å². The van der Waals surface area contributed by atoms with Crippen LogP contribution in [0.1, 0.15) is 23.0 Å². The van der Waals surface area contributed by atoms with E-state index in [1.807, 2.05) is 25.1 Å². The van der Waals surface area contributed by atoms with Gasteiger partial charge in [-0.15, -0.1) is 0 Å². The van der Waals surface area contributed by atoms with Crippen molar-refractivity contribution in [2.45, 2.75) is 19.3 Å². The molecule has 0 amide bonds. The third-order valence-electron chi connectivity index (χ3n) is 3.14. The Balaban J connectivity index is 1.89. The van der Waals surface area contributed by atoms with E-state index in [1.165, 1.54) is 5.56 Å². The van der Waals surface area contributed by atoms with Gasteiger partial charge in [0.1, 0.15) is 11.6 Å². The van der Waals surface area contributed by atoms with E-state index in [0.29, 0.717) is 12.3 Å². The summed E-state index contributed by atoms with van der Waals surface area (Å²) >= 11 is 0. The van der Waals surface area contributed by atoms with E-state index in [-0.39, 0.29) is 11.8 Å². The molecule has 1 aromatic carbocycles. The van der Waals surface area contributed by atoms with E-state index < -0.39 is 0 Å². The highest BCUT2D eigenvalue weighted by molar-refractivity contribution is 5.36. The van der Waals surface area contributed by atoms with Crippen molar-refractivity contribution in [3.63, 3.8) is 0 Å². The molecule has 3 rings (SSSR count). The number of fused-ring (bicyclic) bond motifs is 1. The maximum atomic E-state index is 9.48. The molecule has 0 saturated carbocycles. The largest absolute Gasteiger partial charge is 0.493 e. The average Bonchev–Trinajstić information content (AvgIpc) is 2.69. The Hall–Kier alpha value is -1.97. The van der Waals surface area contributed by atoms with E-state index in [2.05, 4.69) is 16.0 Å². The van der Waals surface area contributed by atoms with Gasteiger partial charge in [0.25, 0.3) is 0 Å². The van der Waals surface area contributed by atoms with Crippen molar-refractivity contribution in [3.8, 4) is 11.6 Å². The minimum Gasteiger partial charge on any atom is -0.493 e. The van der Waals surface area contributed by atoms with E-state index in [0.717, 1.165) is 18.0 Å². The van der Waals surface area contributed by atoms with Crippen molar-refractivity contribution in [2.75, 3.05) is 6.61 Å². The first-order valence-electron chi connectivity index (χ1n) is 5.70. The number of hydrogen-bond donors (Lipinski definition) is 2. The van der Waals surface area contributed by atoms with Gasteiger partial charge in [-0.2, -0.15) is 4.98 Å². The highest BCUT2D eigenvalue weighted by Gasteiger charge is 2.24. The fraction of sp³-hybridized carbons (Fsp3) is 0.308. The number of aromatic nitrogens is 2. The van der Waals surface area contributed by atoms with Gasteiger partial charge in [-0.1, -0.05) is 18.2 Å². The Morgan fingerprint density at radius 3 is 3.00 bits per heavy atom. The average molecular weight is 230 g/mol. The summed E-state index contributed by atoms with van der Waals surface area (Å²) in [6, 6.07) is 8.03. The van der Waals surface area contributed by atoms with Crippen LogP contribution in [0.5, 0.6) is 11.6 Å². The lowest BCUT2D eigenvalue weighted by Gasteiger charge is -2.23. The summed E-state index contributed by atoms with van der Waals surface area (Å²) in [7, 11) is 0. The van der Waals surface area contributed by atoms with E-state index in [1.54, 1.807) is 0 Å². The van der Waals surface area contributed by atoms with Gasteiger partial charge in [0, 0.05) is 0 Å². The number of imidazole rings is 1. The minimum absolute atomic E-state index is 0.0823. The number of aromatic hydroxyl groups is 1. The van der Waals surface area contributed by atoms with Gasteiger partial charge < -0.3 is 14.8 Å². The second kappa shape index (κ2) is 3.80. The van der Waals surface area contributed by atoms with Crippen molar-refractivity contribution in [2.24, 2.45) is 0 Å². The van der Waals surface area contributed by atoms with Crippen LogP contribution in [0, 0.1) is 6.92 Å². The second-order valence-corrected chi connectivity index (χ2v) is 4.39. The summed E-state index contributed by atoms with van der Waals surface area (Å²) in [5.41, 5.74) is 1.90. The Morgan fingerprint density at radius 1 is 1.41 bits per heavy atom. The summed E-state index contributed by atoms with van der Waals surface area (Å²) in [5.74, 6) is 2.02. The van der Waals surface area contributed by atoms with Crippen molar-refractivity contribution in [1.29, 1.82) is 0 Å². The zero-order chi connectivity index (χ0) is 11.8. The van der Waals surface area contributed by atoms with Crippen molar-refractivity contribution < 1.29 is 9.84 Å². The fourth-order valence-corrected chi connectivity index (χ4v) is 2.17. The minimum atomic E-state index is 0.0823. The quantitative estimate of drug-likeness (QED) is 0.789. The number of para-hydroxylation sites is 1. The van der Waals surface area contributed by atoms with Crippen LogP contribution in [-0.2, 0) is 6.42 Å². The molecule has 17 heavy (non-hydrogen) atoms. The van der Waals surface area contributed by atoms with E-state index in [9.17, 15) is 5.11 Å². The normalized spacial score (nSPS) is 18.5. The first kappa shape index (κ1) is 10.2. The van der Waals surface area contributed by atoms with Gasteiger partial charge in [0.2, 0.25) is 5.88 Å². The molecule has 0 spiro atoms. The first-order chi connectivity index (χ1) is 8.24. The van der Waals surface area contributed by atoms with E-state index >= 15 is 0 Å². The Morgan fingerprint density at radius 2 is 2.24 bits per heavy atom. The number of aryl methyl sites for hydroxylation is 1. The third kappa shape index (κ3) is 1.75. The molecule has 2 N–H and O–H groups in total. The van der Waals surface area contributed by atoms with Crippen molar-refractivity contribution in [1.82, 2.24) is 9.97 Å². The number of benzene rings is 1. The van der Waals surface area contributed by atoms with Crippen LogP contribution in [0.3, 0.4) is 0 Å². The Bertz CT molecular complexity index is 529. The SMILES string of the molecule is Cc1[nH]c(C2COc3ccccc3C2)nc1O. The maximum absolute atomic E-state index is 9.48. The lowest BCUT2D eigenvalue weighted by Crippen LogP contribution is -2.20. The maximum Gasteiger partial charge on any atom is 0.232 e. The lowest BCUT2D eigenvalue weighted by atomic mass is 9.96. The second-order valence-electron chi connectivity index (χ2n) is 4.39. The van der Waals surface area contributed by atoms with Crippen molar-refractivity contribution in [3.05, 3.63) is 41.3 Å². The van der Waals surface area contributed by atoms with Crippen LogP contribution in [0.25, 0.3) is 0 Å². The van der Waals surface area contributed by atoms with E-state index in [4.69, 9.17) is 4.74 Å². The summed E-state index contributed by atoms with van der Waals surface area (Å²) in [5, 5.41) is 9.48. The van der Waals surface area contributed by atoms with Crippen LogP contribution in [0.2, 0.25) is 0 Å². The molecule has 0 fully saturated rings. The van der Waals surface area contributed by atoms with Gasteiger partial charge >= 0.3 is 0 Å². The van der Waals surface area contributed by atoms with Crippen molar-refractivity contribution >= 4 is 0 Å². The Labute approximate surface area is 99.3 Å². The van der Waals surface area contributed by atoms with Gasteiger partial charge in [-0.25, -0.2) is 0 Å². The summed E-state index contributed by atoms with van der Waals surface area (Å²) in [6.07, 6.45) is 0.891. The number of aromatic amines is 1. The first-order valence-corrected chi connectivity index (χ1v) is 5.70. The van der Waals surface area contributed by atoms with Crippen LogP contribution in [0.15, 0.2) is 24.3 Å². The predicted molar refractivity (Wildman–Crippen MR) is 63.4 cm³/mol. The molecule has 1 aliphatic heterocycles. The fourth-order valence-electron chi connectivity index (χ4n) is 2.17. The molecule has 88 valence electrons. The molecule has 1 aliphatic rings. The molecule has 2 aromatic rings. The molecule has 1 aromatic heterocycles. The topological polar surface area (TPSA) is 58.1 Å². The van der Waals surface area contributed by atoms with Gasteiger partial charge in [-0.3, -0.25) is 0 Å². The molecule has 0 saturated heterocycles. The zero-order valence-corrected chi connectivity index (χ0v) is 9.60. The van der Waals surface area contributed by atoms with Crippen LogP contribution < -0.4 is 4.74 Å². The molecular formula is C13H14N2O2. The van der Waals surface area contributed by atoms with Gasteiger partial charge in [0.05, 0.1) is 18.2 Å². The van der Waals surface area contributed by atoms with Crippen LogP contribution >= 0.6 is 0 Å². The highest BCUT2D eigenvalue weighted by Crippen LogP contribution is 2.31.